The fourth-order valence-electron chi connectivity index (χ4n) is 0.250. The third-order valence-corrected chi connectivity index (χ3v) is 0.604. The number of hydrogen-bond donors (Lipinski definition) is 0. The van der Waals surface area contributed by atoms with E-state index in [9.17, 15) is 0 Å². The average Bonchev–Trinajstić information content (AvgIpc) is 1.41. The molecule has 0 aromatic rings. The molecule has 0 aliphatic rings. The van der Waals surface area contributed by atoms with Gasteiger partial charge in [-0.15, -0.1) is 0 Å². The van der Waals surface area contributed by atoms with E-state index in [0.717, 1.165) is 6.42 Å². The maximum atomic E-state index is 3.68. The standard InChI is InChI=1S/C5H11.Au/c1-3-5-4-2;/h1,3-5H2,2H3;/q-1;+1. The molecule has 0 aliphatic carbocycles. The molecule has 0 nitrogen and oxygen atoms in total. The SMILES string of the molecule is [Au+].[CH2-]CCCC. The first-order valence-electron chi connectivity index (χ1n) is 2.21. The fourth-order valence-corrected chi connectivity index (χ4v) is 0.250. The van der Waals surface area contributed by atoms with Gasteiger partial charge in [0.2, 0.25) is 0 Å². The van der Waals surface area contributed by atoms with Gasteiger partial charge in [-0.25, -0.2) is 0 Å². The van der Waals surface area contributed by atoms with Crippen LogP contribution in [-0.2, 0) is 22.4 Å². The summed E-state index contributed by atoms with van der Waals surface area (Å²) in [5, 5.41) is 0. The molecule has 0 aliphatic heterocycles. The van der Waals surface area contributed by atoms with Crippen molar-refractivity contribution >= 4 is 0 Å². The predicted octanol–water partition coefficient (Wildman–Crippen LogP) is 2.01. The van der Waals surface area contributed by atoms with Crippen LogP contribution in [-0.4, -0.2) is 0 Å². The van der Waals surface area contributed by atoms with Gasteiger partial charge in [0.05, 0.1) is 0 Å². The molecule has 0 aromatic carbocycles. The molecule has 0 saturated carbocycles. The monoisotopic (exact) mass is 268 g/mol. The Balaban J connectivity index is 0. The summed E-state index contributed by atoms with van der Waals surface area (Å²) in [6.45, 7) is 5.85. The van der Waals surface area contributed by atoms with Gasteiger partial charge in [-0.2, -0.15) is 6.42 Å². The van der Waals surface area contributed by atoms with Crippen molar-refractivity contribution in [2.24, 2.45) is 0 Å². The van der Waals surface area contributed by atoms with Crippen molar-refractivity contribution in [3.63, 3.8) is 0 Å². The van der Waals surface area contributed by atoms with E-state index in [1.54, 1.807) is 0 Å². The van der Waals surface area contributed by atoms with E-state index in [1.807, 2.05) is 0 Å². The average molecular weight is 268 g/mol. The largest absolute Gasteiger partial charge is 1.00 e. The van der Waals surface area contributed by atoms with Gasteiger partial charge in [-0.05, 0) is 0 Å². The normalized spacial score (nSPS) is 7.00. The van der Waals surface area contributed by atoms with Crippen molar-refractivity contribution in [3.8, 4) is 0 Å². The molecule has 42 valence electrons. The summed E-state index contributed by atoms with van der Waals surface area (Å²) in [6.07, 6.45) is 3.65. The second kappa shape index (κ2) is 9.22. The zero-order valence-corrected chi connectivity index (χ0v) is 6.30. The molecule has 1 heteroatoms. The molecule has 6 heavy (non-hydrogen) atoms. The van der Waals surface area contributed by atoms with Gasteiger partial charge in [0.15, 0.2) is 0 Å². The van der Waals surface area contributed by atoms with Crippen LogP contribution in [0.2, 0.25) is 0 Å². The van der Waals surface area contributed by atoms with Gasteiger partial charge in [0, 0.05) is 0 Å². The predicted molar refractivity (Wildman–Crippen MR) is 24.9 cm³/mol. The summed E-state index contributed by atoms with van der Waals surface area (Å²) >= 11 is 0. The molecular weight excluding hydrogens is 257 g/mol. The van der Waals surface area contributed by atoms with Gasteiger partial charge in [-0.3, -0.25) is 0 Å². The molecule has 0 heterocycles. The summed E-state index contributed by atoms with van der Waals surface area (Å²) in [5.74, 6) is 0. The van der Waals surface area contributed by atoms with Crippen LogP contribution in [0.4, 0.5) is 0 Å². The summed E-state index contributed by atoms with van der Waals surface area (Å²) in [4.78, 5) is 0. The van der Waals surface area contributed by atoms with Crippen LogP contribution in [0.1, 0.15) is 26.2 Å². The Kier molecular flexibility index (Phi) is 15.2. The van der Waals surface area contributed by atoms with E-state index in [-0.39, 0.29) is 22.4 Å². The second-order valence-corrected chi connectivity index (χ2v) is 1.21. The maximum Gasteiger partial charge on any atom is 1.00 e. The number of hydrogen-bond acceptors (Lipinski definition) is 0. The minimum absolute atomic E-state index is 0. The van der Waals surface area contributed by atoms with Crippen LogP contribution < -0.4 is 0 Å². The Labute approximate surface area is 55.8 Å². The minimum atomic E-state index is 0. The van der Waals surface area contributed by atoms with Crippen LogP contribution in [0.3, 0.4) is 0 Å². The smallest absolute Gasteiger partial charge is 0.343 e. The molecule has 0 unspecified atom stereocenters. The fraction of sp³-hybridized carbons (Fsp3) is 0.800. The van der Waals surface area contributed by atoms with Gasteiger partial charge in [0.1, 0.15) is 0 Å². The number of unbranched alkanes of at least 4 members (excludes halogenated alkanes) is 2. The second-order valence-electron chi connectivity index (χ2n) is 1.21. The van der Waals surface area contributed by atoms with Gasteiger partial charge >= 0.3 is 22.4 Å². The molecule has 0 rings (SSSR count). The summed E-state index contributed by atoms with van der Waals surface area (Å²) < 4.78 is 0. The Morgan fingerprint density at radius 3 is 2.00 bits per heavy atom. The molecule has 0 spiro atoms. The van der Waals surface area contributed by atoms with Gasteiger partial charge in [0.25, 0.3) is 0 Å². The summed E-state index contributed by atoms with van der Waals surface area (Å²) in [7, 11) is 0. The first kappa shape index (κ1) is 9.88. The molecule has 0 atom stereocenters. The Hall–Kier alpha value is 0.740. The zero-order chi connectivity index (χ0) is 4.12. The van der Waals surface area contributed by atoms with Crippen molar-refractivity contribution in [3.05, 3.63) is 6.92 Å². The minimum Gasteiger partial charge on any atom is -0.343 e. The van der Waals surface area contributed by atoms with Crippen LogP contribution in [0, 0.1) is 6.92 Å². The molecular formula is C5H11Au. The molecule has 0 bridgehead atoms. The molecule has 0 aromatic heterocycles. The topological polar surface area (TPSA) is 0 Å². The maximum absolute atomic E-state index is 3.68. The molecule has 0 fully saturated rings. The van der Waals surface area contributed by atoms with E-state index in [0.29, 0.717) is 0 Å². The van der Waals surface area contributed by atoms with Crippen molar-refractivity contribution in [2.45, 2.75) is 26.2 Å². The van der Waals surface area contributed by atoms with E-state index < -0.39 is 0 Å². The Morgan fingerprint density at radius 1 is 1.50 bits per heavy atom. The van der Waals surface area contributed by atoms with Crippen LogP contribution in [0.25, 0.3) is 0 Å². The van der Waals surface area contributed by atoms with Crippen molar-refractivity contribution in [2.75, 3.05) is 0 Å². The molecule has 0 saturated heterocycles. The van der Waals surface area contributed by atoms with E-state index in [1.165, 1.54) is 12.8 Å². The molecule has 0 radical (unpaired) electrons. The van der Waals surface area contributed by atoms with Crippen molar-refractivity contribution in [1.82, 2.24) is 0 Å². The Morgan fingerprint density at radius 2 is 2.00 bits per heavy atom. The quantitative estimate of drug-likeness (QED) is 0.531. The van der Waals surface area contributed by atoms with Crippen LogP contribution in [0.5, 0.6) is 0 Å². The van der Waals surface area contributed by atoms with E-state index in [2.05, 4.69) is 13.8 Å². The summed E-state index contributed by atoms with van der Waals surface area (Å²) in [6, 6.07) is 0. The van der Waals surface area contributed by atoms with Crippen molar-refractivity contribution in [1.29, 1.82) is 0 Å². The molecule has 0 amide bonds. The molecule has 0 N–H and O–H groups in total. The van der Waals surface area contributed by atoms with Gasteiger partial charge in [-0.1, -0.05) is 19.8 Å². The van der Waals surface area contributed by atoms with Gasteiger partial charge < -0.3 is 6.92 Å². The van der Waals surface area contributed by atoms with Crippen LogP contribution in [0.15, 0.2) is 0 Å². The van der Waals surface area contributed by atoms with Crippen LogP contribution >= 0.6 is 0 Å². The first-order valence-corrected chi connectivity index (χ1v) is 2.21. The van der Waals surface area contributed by atoms with E-state index in [4.69, 9.17) is 0 Å². The zero-order valence-electron chi connectivity index (χ0n) is 4.13. The van der Waals surface area contributed by atoms with Crippen molar-refractivity contribution < 1.29 is 22.4 Å². The number of rotatable bonds is 2. The first-order chi connectivity index (χ1) is 2.41. The summed E-state index contributed by atoms with van der Waals surface area (Å²) in [5.41, 5.74) is 0. The third-order valence-electron chi connectivity index (χ3n) is 0.604. The van der Waals surface area contributed by atoms with E-state index >= 15 is 0 Å². The Bertz CT molecular complexity index is 11.4. The third kappa shape index (κ3) is 8.83.